The lowest BCUT2D eigenvalue weighted by molar-refractivity contribution is 0.0690. The van der Waals surface area contributed by atoms with Crippen molar-refractivity contribution in [1.29, 1.82) is 0 Å². The smallest absolute Gasteiger partial charge is 0.356 e. The predicted molar refractivity (Wildman–Crippen MR) is 81.8 cm³/mol. The molecule has 0 amide bonds. The zero-order valence-corrected chi connectivity index (χ0v) is 12.5. The Bertz CT molecular complexity index is 675. The molecule has 1 aliphatic rings. The summed E-state index contributed by atoms with van der Waals surface area (Å²) in [5.41, 5.74) is 1.18. The molecule has 3 rings (SSSR count). The lowest BCUT2D eigenvalue weighted by Crippen LogP contribution is -2.32. The Hall–Kier alpha value is -2.04. The second-order valence-electron chi connectivity index (χ2n) is 6.64. The lowest BCUT2D eigenvalue weighted by atomic mass is 9.75. The minimum atomic E-state index is -0.953. The molecule has 21 heavy (non-hydrogen) atoms. The van der Waals surface area contributed by atoms with Crippen molar-refractivity contribution >= 4 is 17.4 Å². The maximum atomic E-state index is 11.6. The molecular formula is C16H21N3O2. The van der Waals surface area contributed by atoms with E-state index in [2.05, 4.69) is 24.1 Å². The summed E-state index contributed by atoms with van der Waals surface area (Å²) in [6.07, 6.45) is 6.24. The summed E-state index contributed by atoms with van der Waals surface area (Å²) >= 11 is 0. The molecule has 1 fully saturated rings. The van der Waals surface area contributed by atoms with Crippen molar-refractivity contribution in [2.24, 2.45) is 5.41 Å². The SMILES string of the molecule is CC1(C)CCCC(Nc2nc3ccccn3c2C(=O)O)C1. The molecule has 0 radical (unpaired) electrons. The number of hydrogen-bond donors (Lipinski definition) is 2. The first-order valence-electron chi connectivity index (χ1n) is 7.43. The van der Waals surface area contributed by atoms with Gasteiger partial charge in [-0.05, 0) is 36.8 Å². The van der Waals surface area contributed by atoms with E-state index < -0.39 is 5.97 Å². The molecule has 1 aliphatic carbocycles. The van der Waals surface area contributed by atoms with Crippen LogP contribution < -0.4 is 5.32 Å². The van der Waals surface area contributed by atoms with Crippen molar-refractivity contribution in [1.82, 2.24) is 9.38 Å². The molecule has 2 aromatic rings. The second kappa shape index (κ2) is 5.06. The number of aromatic nitrogens is 2. The first-order valence-corrected chi connectivity index (χ1v) is 7.43. The topological polar surface area (TPSA) is 66.6 Å². The molecule has 0 bridgehead atoms. The largest absolute Gasteiger partial charge is 0.476 e. The van der Waals surface area contributed by atoms with E-state index in [0.717, 1.165) is 12.8 Å². The summed E-state index contributed by atoms with van der Waals surface area (Å²) in [7, 11) is 0. The van der Waals surface area contributed by atoms with E-state index in [1.54, 1.807) is 10.6 Å². The normalized spacial score (nSPS) is 21.3. The molecule has 1 saturated carbocycles. The summed E-state index contributed by atoms with van der Waals surface area (Å²) in [5.74, 6) is -0.470. The number of carboxylic acids is 1. The number of fused-ring (bicyclic) bond motifs is 1. The molecular weight excluding hydrogens is 266 g/mol. The van der Waals surface area contributed by atoms with Crippen LogP contribution in [-0.4, -0.2) is 26.5 Å². The van der Waals surface area contributed by atoms with Crippen molar-refractivity contribution in [2.45, 2.75) is 45.6 Å². The maximum Gasteiger partial charge on any atom is 0.356 e. The molecule has 0 aliphatic heterocycles. The van der Waals surface area contributed by atoms with Gasteiger partial charge in [0.15, 0.2) is 11.5 Å². The number of nitrogens with one attached hydrogen (secondary N) is 1. The van der Waals surface area contributed by atoms with E-state index in [9.17, 15) is 9.90 Å². The Morgan fingerprint density at radius 1 is 1.48 bits per heavy atom. The number of imidazole rings is 1. The van der Waals surface area contributed by atoms with Gasteiger partial charge in [-0.1, -0.05) is 26.3 Å². The van der Waals surface area contributed by atoms with Gasteiger partial charge < -0.3 is 10.4 Å². The first-order chi connectivity index (χ1) is 9.96. The molecule has 2 aromatic heterocycles. The van der Waals surface area contributed by atoms with Gasteiger partial charge >= 0.3 is 5.97 Å². The van der Waals surface area contributed by atoms with Gasteiger partial charge in [0.05, 0.1) is 0 Å². The quantitative estimate of drug-likeness (QED) is 0.907. The third-order valence-electron chi connectivity index (χ3n) is 4.28. The number of hydrogen-bond acceptors (Lipinski definition) is 3. The monoisotopic (exact) mass is 287 g/mol. The first kappa shape index (κ1) is 13.9. The van der Waals surface area contributed by atoms with Crippen LogP contribution in [0.15, 0.2) is 24.4 Å². The van der Waals surface area contributed by atoms with Crippen LogP contribution in [0.25, 0.3) is 5.65 Å². The van der Waals surface area contributed by atoms with E-state index in [-0.39, 0.29) is 11.7 Å². The van der Waals surface area contributed by atoms with Crippen LogP contribution in [0.4, 0.5) is 5.82 Å². The van der Waals surface area contributed by atoms with Gasteiger partial charge in [-0.15, -0.1) is 0 Å². The molecule has 0 saturated heterocycles. The highest BCUT2D eigenvalue weighted by Crippen LogP contribution is 2.36. The standard InChI is InChI=1S/C16H21N3O2/c1-16(2)8-5-6-11(10-16)17-14-13(15(20)21)19-9-4-3-7-12(19)18-14/h3-4,7,9,11,17H,5-6,8,10H2,1-2H3,(H,20,21). The summed E-state index contributed by atoms with van der Waals surface area (Å²) < 4.78 is 1.62. The highest BCUT2D eigenvalue weighted by molar-refractivity contribution is 5.93. The fraction of sp³-hybridized carbons (Fsp3) is 0.500. The van der Waals surface area contributed by atoms with Crippen molar-refractivity contribution in [3.05, 3.63) is 30.1 Å². The van der Waals surface area contributed by atoms with Gasteiger partial charge in [-0.25, -0.2) is 9.78 Å². The van der Waals surface area contributed by atoms with Crippen LogP contribution in [0.2, 0.25) is 0 Å². The third-order valence-corrected chi connectivity index (χ3v) is 4.28. The van der Waals surface area contributed by atoms with Gasteiger partial charge in [0.1, 0.15) is 5.65 Å². The third kappa shape index (κ3) is 2.73. The average molecular weight is 287 g/mol. The van der Waals surface area contributed by atoms with Crippen LogP contribution in [0.1, 0.15) is 50.0 Å². The van der Waals surface area contributed by atoms with E-state index in [1.165, 1.54) is 12.8 Å². The average Bonchev–Trinajstić information content (AvgIpc) is 2.75. The van der Waals surface area contributed by atoms with E-state index >= 15 is 0 Å². The highest BCUT2D eigenvalue weighted by atomic mass is 16.4. The fourth-order valence-electron chi connectivity index (χ4n) is 3.32. The second-order valence-corrected chi connectivity index (χ2v) is 6.64. The highest BCUT2D eigenvalue weighted by Gasteiger charge is 2.29. The van der Waals surface area contributed by atoms with Gasteiger partial charge in [0.2, 0.25) is 0 Å². The Morgan fingerprint density at radius 2 is 2.29 bits per heavy atom. The van der Waals surface area contributed by atoms with E-state index in [1.807, 2.05) is 18.2 Å². The van der Waals surface area contributed by atoms with Gasteiger partial charge in [0, 0.05) is 12.2 Å². The zero-order chi connectivity index (χ0) is 15.0. The molecule has 5 heteroatoms. The van der Waals surface area contributed by atoms with Crippen molar-refractivity contribution in [3.63, 3.8) is 0 Å². The molecule has 2 N–H and O–H groups in total. The number of nitrogens with zero attached hydrogens (tertiary/aromatic N) is 2. The Balaban J connectivity index is 1.93. The summed E-state index contributed by atoms with van der Waals surface area (Å²) in [6.45, 7) is 4.53. The van der Waals surface area contributed by atoms with E-state index in [0.29, 0.717) is 16.9 Å². The van der Waals surface area contributed by atoms with Gasteiger partial charge in [0.25, 0.3) is 0 Å². The number of anilines is 1. The number of rotatable bonds is 3. The number of pyridine rings is 1. The van der Waals surface area contributed by atoms with Crippen LogP contribution in [0.3, 0.4) is 0 Å². The number of carbonyl (C=O) groups is 1. The number of aromatic carboxylic acids is 1. The minimum Gasteiger partial charge on any atom is -0.476 e. The lowest BCUT2D eigenvalue weighted by Gasteiger charge is -2.35. The van der Waals surface area contributed by atoms with Crippen molar-refractivity contribution in [2.75, 3.05) is 5.32 Å². The van der Waals surface area contributed by atoms with Crippen molar-refractivity contribution < 1.29 is 9.90 Å². The Labute approximate surface area is 124 Å². The predicted octanol–water partition coefficient (Wildman–Crippen LogP) is 3.41. The fourth-order valence-corrected chi connectivity index (χ4v) is 3.32. The molecule has 2 heterocycles. The molecule has 1 unspecified atom stereocenters. The Morgan fingerprint density at radius 3 is 3.00 bits per heavy atom. The minimum absolute atomic E-state index is 0.217. The van der Waals surface area contributed by atoms with Gasteiger partial charge in [-0.3, -0.25) is 4.40 Å². The molecule has 5 nitrogen and oxygen atoms in total. The molecule has 0 spiro atoms. The zero-order valence-electron chi connectivity index (χ0n) is 12.5. The molecule has 1 atom stereocenters. The summed E-state index contributed by atoms with van der Waals surface area (Å²) in [5, 5.41) is 12.8. The number of carboxylic acid groups (broad SMARTS) is 1. The summed E-state index contributed by atoms with van der Waals surface area (Å²) in [4.78, 5) is 16.0. The van der Waals surface area contributed by atoms with Gasteiger partial charge in [-0.2, -0.15) is 0 Å². The van der Waals surface area contributed by atoms with Crippen LogP contribution >= 0.6 is 0 Å². The van der Waals surface area contributed by atoms with Crippen LogP contribution in [0.5, 0.6) is 0 Å². The van der Waals surface area contributed by atoms with Crippen LogP contribution in [-0.2, 0) is 0 Å². The van der Waals surface area contributed by atoms with E-state index in [4.69, 9.17) is 0 Å². The van der Waals surface area contributed by atoms with Crippen molar-refractivity contribution in [3.8, 4) is 0 Å². The molecule has 0 aromatic carbocycles. The van der Waals surface area contributed by atoms with Crippen LogP contribution in [0, 0.1) is 5.41 Å². The summed E-state index contributed by atoms with van der Waals surface area (Å²) in [6, 6.07) is 5.79. The Kier molecular flexibility index (Phi) is 3.35. The molecule has 112 valence electrons. The maximum absolute atomic E-state index is 11.6.